The second-order valence-corrected chi connectivity index (χ2v) is 5.59. The molecule has 0 amide bonds. The largest absolute Gasteiger partial charge is 0.311 e. The molecule has 0 bridgehead atoms. The maximum atomic E-state index is 11.7. The van der Waals surface area contributed by atoms with Crippen LogP contribution in [0.2, 0.25) is 5.02 Å². The normalized spacial score (nSPS) is 11.1. The van der Waals surface area contributed by atoms with Crippen molar-refractivity contribution >= 4 is 34.5 Å². The van der Waals surface area contributed by atoms with Gasteiger partial charge in [0, 0.05) is 17.8 Å². The van der Waals surface area contributed by atoms with Crippen molar-refractivity contribution in [3.8, 4) is 0 Å². The molecule has 7 heteroatoms. The molecule has 0 saturated heterocycles. The second kappa shape index (κ2) is 5.30. The number of H-pyrrole nitrogens is 1. The maximum absolute atomic E-state index is 11.7. The number of rotatable bonds is 3. The first-order valence-corrected chi connectivity index (χ1v) is 7.29. The monoisotopic (exact) mass is 306 g/mol. The summed E-state index contributed by atoms with van der Waals surface area (Å²) in [6.45, 7) is 0. The lowest BCUT2D eigenvalue weighted by molar-refractivity contribution is 0.805. The minimum absolute atomic E-state index is 0.227. The van der Waals surface area contributed by atoms with Crippen LogP contribution in [-0.4, -0.2) is 19.5 Å². The molecule has 0 aliphatic heterocycles. The minimum Gasteiger partial charge on any atom is -0.311 e. The van der Waals surface area contributed by atoms with Crippen LogP contribution in [0.15, 0.2) is 40.5 Å². The van der Waals surface area contributed by atoms with E-state index in [1.807, 2.05) is 35.9 Å². The highest BCUT2D eigenvalue weighted by Gasteiger charge is 2.12. The molecule has 5 nitrogen and oxygen atoms in total. The molecule has 0 aliphatic carbocycles. The lowest BCUT2D eigenvalue weighted by Crippen LogP contribution is -2.06. The second-order valence-electron chi connectivity index (χ2n) is 4.24. The summed E-state index contributed by atoms with van der Waals surface area (Å²) < 4.78 is 1.81. The van der Waals surface area contributed by atoms with E-state index in [-0.39, 0.29) is 5.56 Å². The molecule has 1 N–H and O–H groups in total. The first kappa shape index (κ1) is 13.2. The van der Waals surface area contributed by atoms with E-state index in [9.17, 15) is 4.79 Å². The van der Waals surface area contributed by atoms with E-state index in [0.717, 1.165) is 15.7 Å². The molecule has 0 radical (unpaired) electrons. The quantitative estimate of drug-likeness (QED) is 0.756. The van der Waals surface area contributed by atoms with Crippen LogP contribution in [0.1, 0.15) is 5.56 Å². The number of imidazole rings is 1. The summed E-state index contributed by atoms with van der Waals surface area (Å²) in [5, 5.41) is 1.47. The van der Waals surface area contributed by atoms with Gasteiger partial charge in [0.2, 0.25) is 0 Å². The fraction of sp³-hybridized carbons (Fsp3) is 0.154. The van der Waals surface area contributed by atoms with Crippen LogP contribution in [0.4, 0.5) is 0 Å². The maximum Gasteiger partial charge on any atom is 0.278 e. The minimum atomic E-state index is -0.227. The molecule has 2 aromatic heterocycles. The Balaban J connectivity index is 1.92. The van der Waals surface area contributed by atoms with E-state index >= 15 is 0 Å². The van der Waals surface area contributed by atoms with Gasteiger partial charge in [-0.3, -0.25) is 4.79 Å². The van der Waals surface area contributed by atoms with Crippen molar-refractivity contribution in [1.29, 1.82) is 0 Å². The van der Waals surface area contributed by atoms with Gasteiger partial charge in [-0.25, -0.2) is 9.97 Å². The Kier molecular flexibility index (Phi) is 3.50. The smallest absolute Gasteiger partial charge is 0.278 e. The van der Waals surface area contributed by atoms with E-state index in [0.29, 0.717) is 16.9 Å². The standard InChI is InChI=1S/C13H11ClN4OS/c1-18-11-10(12(19)16-7-15-11)17-13(18)20-6-8-4-2-3-5-9(8)14/h2-5,7H,6H2,1H3,(H,15,16,19). The number of aromatic amines is 1. The van der Waals surface area contributed by atoms with Gasteiger partial charge in [0.05, 0.1) is 6.33 Å². The molecule has 0 aliphatic rings. The van der Waals surface area contributed by atoms with Crippen molar-refractivity contribution in [2.75, 3.05) is 0 Å². The van der Waals surface area contributed by atoms with Gasteiger partial charge in [-0.05, 0) is 11.6 Å². The van der Waals surface area contributed by atoms with Gasteiger partial charge in [-0.1, -0.05) is 41.6 Å². The molecule has 0 spiro atoms. The highest BCUT2D eigenvalue weighted by Crippen LogP contribution is 2.26. The Labute approximate surface area is 124 Å². The van der Waals surface area contributed by atoms with Gasteiger partial charge >= 0.3 is 0 Å². The number of hydrogen-bond donors (Lipinski definition) is 1. The topological polar surface area (TPSA) is 63.6 Å². The van der Waals surface area contributed by atoms with Crippen molar-refractivity contribution in [2.45, 2.75) is 10.9 Å². The van der Waals surface area contributed by atoms with Crippen LogP contribution in [0, 0.1) is 0 Å². The number of benzene rings is 1. The first-order chi connectivity index (χ1) is 9.66. The molecule has 0 atom stereocenters. The molecule has 1 aromatic carbocycles. The predicted molar refractivity (Wildman–Crippen MR) is 80.1 cm³/mol. The predicted octanol–water partition coefficient (Wildman–Crippen LogP) is 2.60. The number of aryl methyl sites for hydroxylation is 1. The van der Waals surface area contributed by atoms with Gasteiger partial charge < -0.3 is 9.55 Å². The first-order valence-electron chi connectivity index (χ1n) is 5.93. The van der Waals surface area contributed by atoms with Crippen molar-refractivity contribution in [3.63, 3.8) is 0 Å². The zero-order valence-corrected chi connectivity index (χ0v) is 12.2. The van der Waals surface area contributed by atoms with Gasteiger partial charge in [-0.15, -0.1) is 0 Å². The number of nitrogens with one attached hydrogen (secondary N) is 1. The summed E-state index contributed by atoms with van der Waals surface area (Å²) in [5.41, 5.74) is 1.75. The highest BCUT2D eigenvalue weighted by atomic mass is 35.5. The molecule has 3 aromatic rings. The number of fused-ring (bicyclic) bond motifs is 1. The average molecular weight is 307 g/mol. The van der Waals surface area contributed by atoms with Crippen LogP contribution < -0.4 is 5.56 Å². The van der Waals surface area contributed by atoms with E-state index in [4.69, 9.17) is 11.6 Å². The van der Waals surface area contributed by atoms with Crippen LogP contribution in [0.25, 0.3) is 11.2 Å². The van der Waals surface area contributed by atoms with Crippen LogP contribution >= 0.6 is 23.4 Å². The fourth-order valence-corrected chi connectivity index (χ4v) is 3.13. The molecular formula is C13H11ClN4OS. The van der Waals surface area contributed by atoms with Crippen LogP contribution in [-0.2, 0) is 12.8 Å². The molecule has 0 unspecified atom stereocenters. The van der Waals surface area contributed by atoms with Crippen LogP contribution in [0.5, 0.6) is 0 Å². The van der Waals surface area contributed by atoms with Gasteiger partial charge in [0.25, 0.3) is 5.56 Å². The zero-order chi connectivity index (χ0) is 14.1. The van der Waals surface area contributed by atoms with E-state index in [1.54, 1.807) is 0 Å². The molecule has 0 saturated carbocycles. The summed E-state index contributed by atoms with van der Waals surface area (Å²) in [5.74, 6) is 0.689. The highest BCUT2D eigenvalue weighted by molar-refractivity contribution is 7.98. The van der Waals surface area contributed by atoms with E-state index < -0.39 is 0 Å². The van der Waals surface area contributed by atoms with E-state index in [1.165, 1.54) is 18.1 Å². The molecule has 0 fully saturated rings. The summed E-state index contributed by atoms with van der Waals surface area (Å²) >= 11 is 7.65. The van der Waals surface area contributed by atoms with Gasteiger partial charge in [-0.2, -0.15) is 0 Å². The Morgan fingerprint density at radius 3 is 2.95 bits per heavy atom. The molecular weight excluding hydrogens is 296 g/mol. The summed E-state index contributed by atoms with van der Waals surface area (Å²) in [6.07, 6.45) is 1.38. The third kappa shape index (κ3) is 2.32. The van der Waals surface area contributed by atoms with Gasteiger partial charge in [0.15, 0.2) is 16.3 Å². The number of halogens is 1. The summed E-state index contributed by atoms with van der Waals surface area (Å²) in [4.78, 5) is 22.7. The third-order valence-electron chi connectivity index (χ3n) is 2.94. The number of thioether (sulfide) groups is 1. The number of aromatic nitrogens is 4. The SMILES string of the molecule is Cn1c(SCc2ccccc2Cl)nc2c(=O)[nH]cnc21. The Bertz CT molecular complexity index is 827. The Morgan fingerprint density at radius 1 is 1.40 bits per heavy atom. The fourth-order valence-electron chi connectivity index (χ4n) is 1.88. The van der Waals surface area contributed by atoms with Crippen LogP contribution in [0.3, 0.4) is 0 Å². The summed E-state index contributed by atoms with van der Waals surface area (Å²) in [6, 6.07) is 7.68. The zero-order valence-electron chi connectivity index (χ0n) is 10.6. The van der Waals surface area contributed by atoms with Crippen molar-refractivity contribution in [3.05, 3.63) is 51.5 Å². The Morgan fingerprint density at radius 2 is 2.20 bits per heavy atom. The molecule has 2 heterocycles. The lowest BCUT2D eigenvalue weighted by Gasteiger charge is -2.03. The Hall–Kier alpha value is -1.79. The number of nitrogens with zero attached hydrogens (tertiary/aromatic N) is 3. The van der Waals surface area contributed by atoms with E-state index in [2.05, 4.69) is 15.0 Å². The summed E-state index contributed by atoms with van der Waals surface area (Å²) in [7, 11) is 1.84. The third-order valence-corrected chi connectivity index (χ3v) is 4.38. The van der Waals surface area contributed by atoms with Crippen molar-refractivity contribution < 1.29 is 0 Å². The molecule has 3 rings (SSSR count). The number of hydrogen-bond acceptors (Lipinski definition) is 4. The lowest BCUT2D eigenvalue weighted by atomic mass is 10.2. The molecule has 102 valence electrons. The van der Waals surface area contributed by atoms with Crippen molar-refractivity contribution in [1.82, 2.24) is 19.5 Å². The van der Waals surface area contributed by atoms with Crippen molar-refractivity contribution in [2.24, 2.45) is 7.05 Å². The van der Waals surface area contributed by atoms with Gasteiger partial charge in [0.1, 0.15) is 0 Å². The average Bonchev–Trinajstić information content (AvgIpc) is 2.77. The molecule has 20 heavy (non-hydrogen) atoms.